The normalized spacial score (nSPS) is 29.5. The Hall–Kier alpha value is -2.61. The average Bonchev–Trinajstić information content (AvgIpc) is 2.81. The first-order chi connectivity index (χ1) is 10.7. The van der Waals surface area contributed by atoms with Gasteiger partial charge in [0, 0.05) is 11.4 Å². The van der Waals surface area contributed by atoms with Crippen LogP contribution in [0.25, 0.3) is 0 Å². The first-order valence-electron chi connectivity index (χ1n) is 7.56. The van der Waals surface area contributed by atoms with Crippen molar-refractivity contribution in [1.29, 1.82) is 5.26 Å². The molecule has 0 radical (unpaired) electrons. The van der Waals surface area contributed by atoms with Crippen LogP contribution in [0.15, 0.2) is 40.5 Å². The number of nitrogens with two attached hydrogens (primary N) is 1. The van der Waals surface area contributed by atoms with Gasteiger partial charge in [-0.25, -0.2) is 4.99 Å². The van der Waals surface area contributed by atoms with E-state index < -0.39 is 11.3 Å². The molecule has 1 aromatic rings. The fourth-order valence-corrected chi connectivity index (χ4v) is 4.08. The number of nitriles is 1. The molecule has 0 aromatic heterocycles. The maximum atomic E-state index is 13.0. The van der Waals surface area contributed by atoms with Crippen molar-refractivity contribution in [2.75, 3.05) is 5.32 Å². The maximum Gasteiger partial charge on any atom is 0.241 e. The van der Waals surface area contributed by atoms with Crippen LogP contribution < -0.4 is 11.1 Å². The van der Waals surface area contributed by atoms with Gasteiger partial charge in [0.1, 0.15) is 17.2 Å². The molecular formula is C17H16N4O. The van der Waals surface area contributed by atoms with Crippen LogP contribution in [0.5, 0.6) is 0 Å². The summed E-state index contributed by atoms with van der Waals surface area (Å²) in [6.07, 6.45) is 3.69. The van der Waals surface area contributed by atoms with Crippen molar-refractivity contribution in [3.63, 3.8) is 0 Å². The molecule has 2 heterocycles. The monoisotopic (exact) mass is 292 g/mol. The van der Waals surface area contributed by atoms with Gasteiger partial charge in [-0.1, -0.05) is 18.2 Å². The number of amidine groups is 1. The number of hydrogen-bond donors (Lipinski definition) is 2. The number of carbonyl (C=O) groups excluding carboxylic acids is 1. The lowest BCUT2D eigenvalue weighted by molar-refractivity contribution is -0.120. The molecule has 2 atom stereocenters. The molecule has 110 valence electrons. The average molecular weight is 292 g/mol. The van der Waals surface area contributed by atoms with Crippen LogP contribution in [-0.2, 0) is 10.2 Å². The molecule has 1 aromatic carbocycles. The summed E-state index contributed by atoms with van der Waals surface area (Å²) in [5, 5.41) is 12.6. The second-order valence-electron chi connectivity index (χ2n) is 6.04. The Morgan fingerprint density at radius 3 is 2.91 bits per heavy atom. The molecule has 3 N–H and O–H groups in total. The second-order valence-corrected chi connectivity index (χ2v) is 6.04. The van der Waals surface area contributed by atoms with Gasteiger partial charge in [-0.05, 0) is 42.9 Å². The van der Waals surface area contributed by atoms with E-state index in [2.05, 4.69) is 16.4 Å². The summed E-state index contributed by atoms with van der Waals surface area (Å²) in [4.78, 5) is 17.4. The zero-order valence-electron chi connectivity index (χ0n) is 12.1. The van der Waals surface area contributed by atoms with E-state index in [-0.39, 0.29) is 11.7 Å². The van der Waals surface area contributed by atoms with E-state index in [0.29, 0.717) is 0 Å². The van der Waals surface area contributed by atoms with Gasteiger partial charge < -0.3 is 11.1 Å². The minimum absolute atomic E-state index is 0.146. The molecule has 1 aliphatic carbocycles. The Morgan fingerprint density at radius 1 is 1.32 bits per heavy atom. The Morgan fingerprint density at radius 2 is 2.09 bits per heavy atom. The fourth-order valence-electron chi connectivity index (χ4n) is 4.08. The molecule has 0 fully saturated rings. The number of anilines is 1. The van der Waals surface area contributed by atoms with Crippen molar-refractivity contribution in [2.45, 2.75) is 31.1 Å². The number of benzene rings is 1. The number of rotatable bonds is 0. The third-order valence-corrected chi connectivity index (χ3v) is 4.99. The largest absolute Gasteiger partial charge is 0.386 e. The van der Waals surface area contributed by atoms with Crippen molar-refractivity contribution in [3.05, 3.63) is 41.1 Å². The third-order valence-electron chi connectivity index (χ3n) is 4.99. The van der Waals surface area contributed by atoms with Gasteiger partial charge >= 0.3 is 0 Å². The van der Waals surface area contributed by atoms with Gasteiger partial charge in [0.05, 0.1) is 6.07 Å². The molecule has 5 heteroatoms. The fraction of sp³-hybridized carbons (Fsp3) is 0.353. The lowest BCUT2D eigenvalue weighted by Crippen LogP contribution is -2.51. The standard InChI is InChI=1S/C17H16N4O/c18-9-12-15(19)20-13-7-3-1-5-10(13)17(12)11-6-2-4-8-14(11)21-16(17)22/h2,4,6,8,12H,1,3,5,7H2,(H2,19,20)(H,21,22)/t12?,17-/m1/s1. The zero-order chi connectivity index (χ0) is 15.3. The van der Waals surface area contributed by atoms with Gasteiger partial charge in [0.25, 0.3) is 0 Å². The lowest BCUT2D eigenvalue weighted by Gasteiger charge is -2.39. The molecule has 1 amide bonds. The predicted octanol–water partition coefficient (Wildman–Crippen LogP) is 2.22. The lowest BCUT2D eigenvalue weighted by atomic mass is 9.62. The third kappa shape index (κ3) is 1.42. The van der Waals surface area contributed by atoms with Crippen molar-refractivity contribution in [3.8, 4) is 6.07 Å². The minimum atomic E-state index is -0.993. The van der Waals surface area contributed by atoms with Crippen LogP contribution in [0.1, 0.15) is 31.2 Å². The van der Waals surface area contributed by atoms with Crippen LogP contribution in [0.3, 0.4) is 0 Å². The Balaban J connectivity index is 2.06. The second kappa shape index (κ2) is 4.44. The molecule has 3 aliphatic rings. The van der Waals surface area contributed by atoms with E-state index in [4.69, 9.17) is 5.73 Å². The quantitative estimate of drug-likeness (QED) is 0.768. The van der Waals surface area contributed by atoms with E-state index >= 15 is 0 Å². The highest BCUT2D eigenvalue weighted by molar-refractivity contribution is 6.13. The zero-order valence-corrected chi connectivity index (χ0v) is 12.1. The number of para-hydroxylation sites is 1. The number of allylic oxidation sites excluding steroid dienone is 1. The maximum absolute atomic E-state index is 13.0. The predicted molar refractivity (Wildman–Crippen MR) is 83.0 cm³/mol. The molecule has 0 bridgehead atoms. The summed E-state index contributed by atoms with van der Waals surface area (Å²) in [5.74, 6) is -0.629. The highest BCUT2D eigenvalue weighted by Gasteiger charge is 2.58. The van der Waals surface area contributed by atoms with E-state index in [1.165, 1.54) is 0 Å². The summed E-state index contributed by atoms with van der Waals surface area (Å²) in [5.41, 5.74) is 8.62. The number of aliphatic imine (C=N–C) groups is 1. The smallest absolute Gasteiger partial charge is 0.241 e. The Bertz CT molecular complexity index is 786. The highest BCUT2D eigenvalue weighted by Crippen LogP contribution is 2.53. The topological polar surface area (TPSA) is 91.3 Å². The molecule has 1 spiro atoms. The van der Waals surface area contributed by atoms with Crippen molar-refractivity contribution < 1.29 is 4.79 Å². The number of nitrogens with one attached hydrogen (secondary N) is 1. The van der Waals surface area contributed by atoms with E-state index in [0.717, 1.165) is 48.2 Å². The molecule has 1 unspecified atom stereocenters. The van der Waals surface area contributed by atoms with Crippen LogP contribution in [0, 0.1) is 17.2 Å². The number of hydrogen-bond acceptors (Lipinski definition) is 4. The van der Waals surface area contributed by atoms with E-state index in [9.17, 15) is 10.1 Å². The molecule has 0 saturated carbocycles. The van der Waals surface area contributed by atoms with Gasteiger partial charge in [-0.2, -0.15) is 5.26 Å². The number of fused-ring (bicyclic) bond motifs is 3. The molecular weight excluding hydrogens is 276 g/mol. The van der Waals surface area contributed by atoms with Gasteiger partial charge in [-0.3, -0.25) is 4.79 Å². The van der Waals surface area contributed by atoms with Crippen LogP contribution in [0.2, 0.25) is 0 Å². The molecule has 22 heavy (non-hydrogen) atoms. The highest BCUT2D eigenvalue weighted by atomic mass is 16.2. The summed E-state index contributed by atoms with van der Waals surface area (Å²) in [6.45, 7) is 0. The Labute approximate surface area is 128 Å². The van der Waals surface area contributed by atoms with Crippen molar-refractivity contribution in [1.82, 2.24) is 0 Å². The van der Waals surface area contributed by atoms with Gasteiger partial charge in [0.2, 0.25) is 5.91 Å². The molecule has 4 rings (SSSR count). The summed E-state index contributed by atoms with van der Waals surface area (Å²) in [7, 11) is 0. The van der Waals surface area contributed by atoms with E-state index in [1.54, 1.807) is 0 Å². The summed E-state index contributed by atoms with van der Waals surface area (Å²) >= 11 is 0. The molecule has 0 saturated heterocycles. The Kier molecular flexibility index (Phi) is 2.64. The number of amides is 1. The number of carbonyl (C=O) groups is 1. The SMILES string of the molecule is N#CC1C(N)=NC2=C(CCCC2)[C@]12C(=O)Nc1ccccc12. The summed E-state index contributed by atoms with van der Waals surface area (Å²) < 4.78 is 0. The van der Waals surface area contributed by atoms with Crippen molar-refractivity contribution >= 4 is 17.4 Å². The van der Waals surface area contributed by atoms with E-state index in [1.807, 2.05) is 24.3 Å². The molecule has 2 aliphatic heterocycles. The minimum Gasteiger partial charge on any atom is -0.386 e. The van der Waals surface area contributed by atoms with Gasteiger partial charge in [-0.15, -0.1) is 0 Å². The van der Waals surface area contributed by atoms with Crippen molar-refractivity contribution in [2.24, 2.45) is 16.6 Å². The number of nitrogens with zero attached hydrogens (tertiary/aromatic N) is 2. The van der Waals surface area contributed by atoms with Gasteiger partial charge in [0.15, 0.2) is 0 Å². The van der Waals surface area contributed by atoms with Crippen LogP contribution in [-0.4, -0.2) is 11.7 Å². The van der Waals surface area contributed by atoms with Crippen LogP contribution >= 0.6 is 0 Å². The first kappa shape index (κ1) is 13.1. The van der Waals surface area contributed by atoms with Crippen LogP contribution in [0.4, 0.5) is 5.69 Å². The molecule has 5 nitrogen and oxygen atoms in total. The first-order valence-corrected chi connectivity index (χ1v) is 7.56. The summed E-state index contributed by atoms with van der Waals surface area (Å²) in [6, 6.07) is 9.83.